The zero-order valence-corrected chi connectivity index (χ0v) is 20.2. The van der Waals surface area contributed by atoms with Gasteiger partial charge in [0.25, 0.3) is 0 Å². The number of nitrogens with zero attached hydrogens (tertiary/aromatic N) is 1. The normalized spacial score (nSPS) is 16.6. The van der Waals surface area contributed by atoms with E-state index < -0.39 is 24.9 Å². The van der Waals surface area contributed by atoms with Crippen LogP contribution in [0.2, 0.25) is 0 Å². The Labute approximate surface area is 215 Å². The number of fused-ring (bicyclic) bond motifs is 1. The van der Waals surface area contributed by atoms with Crippen LogP contribution in [0.1, 0.15) is 23.6 Å². The molecule has 0 saturated heterocycles. The molecule has 0 bridgehead atoms. The lowest BCUT2D eigenvalue weighted by Gasteiger charge is -2.41. The van der Waals surface area contributed by atoms with Crippen LogP contribution in [0, 0.1) is 0 Å². The van der Waals surface area contributed by atoms with Gasteiger partial charge in [0.15, 0.2) is 0 Å². The van der Waals surface area contributed by atoms with Crippen LogP contribution in [0.15, 0.2) is 66.7 Å². The fraction of sp³-hybridized carbons (Fsp3) is 0.333. The highest BCUT2D eigenvalue weighted by Crippen LogP contribution is 2.44. The molecule has 0 aliphatic carbocycles. The summed E-state index contributed by atoms with van der Waals surface area (Å²) < 4.78 is 90.0. The predicted octanol–water partition coefficient (Wildman–Crippen LogP) is 6.65. The van der Waals surface area contributed by atoms with Crippen LogP contribution < -0.4 is 14.4 Å². The van der Waals surface area contributed by atoms with Crippen LogP contribution >= 0.6 is 0 Å². The molecular formula is C27H25F6NO4. The van der Waals surface area contributed by atoms with Gasteiger partial charge in [-0.1, -0.05) is 36.4 Å². The van der Waals surface area contributed by atoms with E-state index in [4.69, 9.17) is 4.74 Å². The van der Waals surface area contributed by atoms with Crippen LogP contribution in [0.5, 0.6) is 11.5 Å². The van der Waals surface area contributed by atoms with Crippen molar-refractivity contribution in [2.45, 2.75) is 37.7 Å². The zero-order chi connectivity index (χ0) is 27.5. The summed E-state index contributed by atoms with van der Waals surface area (Å²) in [7, 11) is 1.44. The molecule has 0 aromatic heterocycles. The number of benzene rings is 3. The summed E-state index contributed by atoms with van der Waals surface area (Å²) in [6, 6.07) is 16.3. The van der Waals surface area contributed by atoms with Gasteiger partial charge >= 0.3 is 12.7 Å². The minimum absolute atomic E-state index is 0.0340. The highest BCUT2D eigenvalue weighted by atomic mass is 19.4. The summed E-state index contributed by atoms with van der Waals surface area (Å²) in [4.78, 5) is 1.88. The number of ether oxygens (including phenoxy) is 3. The summed E-state index contributed by atoms with van der Waals surface area (Å²) in [5.74, 6) is -0.705. The zero-order valence-electron chi connectivity index (χ0n) is 20.2. The van der Waals surface area contributed by atoms with Crippen LogP contribution in [-0.4, -0.2) is 44.2 Å². The van der Waals surface area contributed by atoms with Crippen LogP contribution in [-0.2, 0) is 11.2 Å². The number of aliphatic hydroxyl groups is 1. The third-order valence-electron chi connectivity index (χ3n) is 6.13. The molecule has 11 heteroatoms. The minimum atomic E-state index is -4.84. The fourth-order valence-corrected chi connectivity index (χ4v) is 4.81. The molecule has 4 rings (SSSR count). The maximum atomic E-state index is 12.8. The van der Waals surface area contributed by atoms with Crippen molar-refractivity contribution in [3.05, 3.63) is 77.9 Å². The van der Waals surface area contributed by atoms with Gasteiger partial charge in [0.1, 0.15) is 11.5 Å². The molecule has 1 aliphatic rings. The van der Waals surface area contributed by atoms with Crippen molar-refractivity contribution in [1.29, 1.82) is 0 Å². The number of rotatable bonds is 8. The summed E-state index contributed by atoms with van der Waals surface area (Å²) in [5, 5.41) is 10.6. The van der Waals surface area contributed by atoms with E-state index in [1.165, 1.54) is 43.5 Å². The van der Waals surface area contributed by atoms with E-state index in [0.29, 0.717) is 35.2 Å². The third-order valence-corrected chi connectivity index (χ3v) is 6.13. The van der Waals surface area contributed by atoms with Gasteiger partial charge in [0, 0.05) is 19.3 Å². The molecule has 3 aromatic carbocycles. The lowest BCUT2D eigenvalue weighted by molar-refractivity contribution is -0.275. The van der Waals surface area contributed by atoms with Crippen molar-refractivity contribution in [1.82, 2.24) is 0 Å². The second-order valence-electron chi connectivity index (χ2n) is 8.82. The highest BCUT2D eigenvalue weighted by molar-refractivity contribution is 5.76. The van der Waals surface area contributed by atoms with Crippen molar-refractivity contribution in [3.8, 4) is 22.6 Å². The topological polar surface area (TPSA) is 51.2 Å². The maximum Gasteiger partial charge on any atom is 0.573 e. The second-order valence-corrected chi connectivity index (χ2v) is 8.82. The predicted molar refractivity (Wildman–Crippen MR) is 128 cm³/mol. The van der Waals surface area contributed by atoms with Crippen molar-refractivity contribution in [3.63, 3.8) is 0 Å². The highest BCUT2D eigenvalue weighted by Gasteiger charge is 2.34. The molecule has 0 spiro atoms. The quantitative estimate of drug-likeness (QED) is 0.324. The Morgan fingerprint density at radius 1 is 0.895 bits per heavy atom. The first-order chi connectivity index (χ1) is 17.9. The number of aliphatic hydroxyl groups excluding tert-OH is 1. The molecule has 0 amide bonds. The maximum absolute atomic E-state index is 12.8. The number of alkyl halides is 6. The molecular weight excluding hydrogens is 516 g/mol. The van der Waals surface area contributed by atoms with E-state index in [9.17, 15) is 31.4 Å². The molecule has 1 aliphatic heterocycles. The van der Waals surface area contributed by atoms with Gasteiger partial charge in [-0.25, -0.2) is 0 Å². The Bertz CT molecular complexity index is 1250. The summed E-state index contributed by atoms with van der Waals surface area (Å²) in [5.41, 5.74) is 3.31. The van der Waals surface area contributed by atoms with E-state index in [1.807, 2.05) is 11.0 Å². The number of β-amino-alcohol motifs (C(OH)–C–C–N with tert-alkyl or cyclic N) is 1. The molecule has 0 radical (unpaired) electrons. The van der Waals surface area contributed by atoms with Crippen molar-refractivity contribution in [2.75, 3.05) is 25.2 Å². The molecule has 2 atom stereocenters. The lowest BCUT2D eigenvalue weighted by Crippen LogP contribution is -2.40. The minimum Gasteiger partial charge on any atom is -0.406 e. The molecule has 0 unspecified atom stereocenters. The molecule has 5 nitrogen and oxygen atoms in total. The Morgan fingerprint density at radius 3 is 2.18 bits per heavy atom. The number of methoxy groups -OCH3 is 1. The lowest BCUT2D eigenvalue weighted by atomic mass is 9.86. The summed E-state index contributed by atoms with van der Waals surface area (Å²) >= 11 is 0. The van der Waals surface area contributed by atoms with E-state index in [0.717, 1.165) is 5.56 Å². The smallest absolute Gasteiger partial charge is 0.406 e. The van der Waals surface area contributed by atoms with E-state index in [1.54, 1.807) is 24.3 Å². The van der Waals surface area contributed by atoms with Crippen LogP contribution in [0.4, 0.5) is 32.0 Å². The molecule has 1 N–H and O–H groups in total. The SMILES string of the molecule is COC[C@@H](O)CN1c2cccc(-c3cccc(OC(F)(F)F)c3)c2CC[C@H]1c1cccc(OC(F)(F)F)c1. The largest absolute Gasteiger partial charge is 0.573 e. The van der Waals surface area contributed by atoms with Gasteiger partial charge in [0.2, 0.25) is 0 Å². The Morgan fingerprint density at radius 2 is 1.53 bits per heavy atom. The number of halogens is 6. The first-order valence-electron chi connectivity index (χ1n) is 11.7. The fourth-order valence-electron chi connectivity index (χ4n) is 4.81. The van der Waals surface area contributed by atoms with Crippen LogP contribution in [0.25, 0.3) is 11.1 Å². The third kappa shape index (κ3) is 6.90. The Hall–Kier alpha value is -3.44. The first kappa shape index (κ1) is 27.6. The molecule has 3 aromatic rings. The van der Waals surface area contributed by atoms with Crippen molar-refractivity contribution < 1.29 is 45.7 Å². The number of hydrogen-bond acceptors (Lipinski definition) is 5. The van der Waals surface area contributed by atoms with E-state index >= 15 is 0 Å². The van der Waals surface area contributed by atoms with Gasteiger partial charge in [-0.05, 0) is 65.4 Å². The van der Waals surface area contributed by atoms with Gasteiger partial charge in [-0.15, -0.1) is 26.3 Å². The monoisotopic (exact) mass is 541 g/mol. The summed E-state index contributed by atoms with van der Waals surface area (Å²) in [6.07, 6.45) is -9.62. The van der Waals surface area contributed by atoms with Gasteiger partial charge in [-0.2, -0.15) is 0 Å². The Balaban J connectivity index is 1.74. The average molecular weight is 541 g/mol. The molecule has 0 fully saturated rings. The van der Waals surface area contributed by atoms with Gasteiger partial charge in [-0.3, -0.25) is 0 Å². The number of anilines is 1. The second kappa shape index (κ2) is 11.1. The van der Waals surface area contributed by atoms with Gasteiger partial charge < -0.3 is 24.2 Å². The van der Waals surface area contributed by atoms with Crippen molar-refractivity contribution in [2.24, 2.45) is 0 Å². The molecule has 0 saturated carbocycles. The molecule has 38 heavy (non-hydrogen) atoms. The average Bonchev–Trinajstić information content (AvgIpc) is 2.82. The van der Waals surface area contributed by atoms with E-state index in [2.05, 4.69) is 9.47 Å². The standard InChI is InChI=1S/C27H25F6NO4/c1-36-16-19(35)15-34-24(18-6-3-8-21(14-18)38-27(31,32)33)12-11-23-22(9-4-10-25(23)34)17-5-2-7-20(13-17)37-26(28,29)30/h2-10,13-14,19,24,35H,11-12,15-16H2,1H3/t19-,24-/m0/s1. The van der Waals surface area contributed by atoms with Crippen LogP contribution in [0.3, 0.4) is 0 Å². The van der Waals surface area contributed by atoms with Gasteiger partial charge in [0.05, 0.1) is 18.8 Å². The summed E-state index contributed by atoms with van der Waals surface area (Å²) in [6.45, 7) is 0.142. The Kier molecular flexibility index (Phi) is 8.08. The number of hydrogen-bond donors (Lipinski definition) is 1. The molecule has 204 valence electrons. The first-order valence-corrected chi connectivity index (χ1v) is 11.7. The van der Waals surface area contributed by atoms with Crippen molar-refractivity contribution >= 4 is 5.69 Å². The molecule has 1 heterocycles. The van der Waals surface area contributed by atoms with E-state index in [-0.39, 0.29) is 24.7 Å².